The molecule has 0 bridgehead atoms. The molecule has 5 nitrogen and oxygen atoms in total. The molecule has 1 aromatic carbocycles. The number of carbonyl (C=O) groups is 2. The van der Waals surface area contributed by atoms with Gasteiger partial charge in [0.05, 0.1) is 6.61 Å². The van der Waals surface area contributed by atoms with Crippen molar-refractivity contribution in [3.05, 3.63) is 29.8 Å². The summed E-state index contributed by atoms with van der Waals surface area (Å²) in [5.74, 6) is 0.288. The highest BCUT2D eigenvalue weighted by atomic mass is 16.5. The first-order chi connectivity index (χ1) is 10.8. The Balaban J connectivity index is 2.36. The van der Waals surface area contributed by atoms with Crippen molar-refractivity contribution < 1.29 is 19.1 Å². The van der Waals surface area contributed by atoms with E-state index in [0.29, 0.717) is 26.0 Å². The molecule has 1 N–H and O–H groups in total. The van der Waals surface area contributed by atoms with Gasteiger partial charge in [0.25, 0.3) is 5.91 Å². The van der Waals surface area contributed by atoms with E-state index in [-0.39, 0.29) is 23.9 Å². The van der Waals surface area contributed by atoms with E-state index in [0.717, 1.165) is 11.3 Å². The molecule has 0 radical (unpaired) electrons. The Kier molecular flexibility index (Phi) is 7.59. The molecule has 1 amide bonds. The van der Waals surface area contributed by atoms with Gasteiger partial charge < -0.3 is 14.8 Å². The van der Waals surface area contributed by atoms with Crippen LogP contribution in [0, 0.1) is 0 Å². The fourth-order valence-electron chi connectivity index (χ4n) is 2.10. The molecule has 0 aliphatic heterocycles. The molecule has 0 saturated heterocycles. The smallest absolute Gasteiger partial charge is 0.305 e. The predicted octanol–water partition coefficient (Wildman–Crippen LogP) is 2.82. The zero-order chi connectivity index (χ0) is 17.3. The van der Waals surface area contributed by atoms with E-state index < -0.39 is 0 Å². The molecule has 0 aliphatic rings. The monoisotopic (exact) mass is 321 g/mol. The molecule has 0 heterocycles. The topological polar surface area (TPSA) is 64.6 Å². The minimum Gasteiger partial charge on any atom is -0.483 e. The van der Waals surface area contributed by atoms with Gasteiger partial charge in [0.2, 0.25) is 0 Å². The number of nitrogens with one attached hydrogen (secondary N) is 1. The minimum atomic E-state index is -0.239. The number of carbonyl (C=O) groups excluding carboxylic acids is 2. The van der Waals surface area contributed by atoms with E-state index in [9.17, 15) is 9.59 Å². The quantitative estimate of drug-likeness (QED) is 0.591. The molecule has 5 heteroatoms. The predicted molar refractivity (Wildman–Crippen MR) is 89.5 cm³/mol. The van der Waals surface area contributed by atoms with Crippen LogP contribution in [0.25, 0.3) is 0 Å². The normalized spacial score (nSPS) is 11.0. The average Bonchev–Trinajstić information content (AvgIpc) is 2.49. The third-order valence-electron chi connectivity index (χ3n) is 3.24. The first kappa shape index (κ1) is 19.0. The van der Waals surface area contributed by atoms with Gasteiger partial charge >= 0.3 is 5.97 Å². The minimum absolute atomic E-state index is 0.0352. The first-order valence-corrected chi connectivity index (χ1v) is 7.99. The molecule has 128 valence electrons. The lowest BCUT2D eigenvalue weighted by atomic mass is 9.86. The number of esters is 1. The third kappa shape index (κ3) is 7.17. The van der Waals surface area contributed by atoms with E-state index in [4.69, 9.17) is 9.47 Å². The van der Waals surface area contributed by atoms with E-state index in [1.807, 2.05) is 24.3 Å². The Morgan fingerprint density at radius 3 is 2.52 bits per heavy atom. The van der Waals surface area contributed by atoms with Crippen molar-refractivity contribution in [2.45, 2.75) is 46.0 Å². The van der Waals surface area contributed by atoms with Crippen molar-refractivity contribution in [3.63, 3.8) is 0 Å². The molecule has 0 fully saturated rings. The van der Waals surface area contributed by atoms with Gasteiger partial charge in [0.15, 0.2) is 6.61 Å². The number of hydrogen-bond acceptors (Lipinski definition) is 4. The number of hydrogen-bond donors (Lipinski definition) is 1. The summed E-state index contributed by atoms with van der Waals surface area (Å²) < 4.78 is 10.5. The average molecular weight is 321 g/mol. The maximum absolute atomic E-state index is 11.8. The molecule has 1 rings (SSSR count). The first-order valence-electron chi connectivity index (χ1n) is 7.99. The Morgan fingerprint density at radius 2 is 1.87 bits per heavy atom. The zero-order valence-electron chi connectivity index (χ0n) is 14.5. The maximum Gasteiger partial charge on any atom is 0.305 e. The van der Waals surface area contributed by atoms with Gasteiger partial charge in [-0.15, -0.1) is 0 Å². The van der Waals surface area contributed by atoms with Crippen LogP contribution in [0.2, 0.25) is 0 Å². The van der Waals surface area contributed by atoms with Crippen LogP contribution in [-0.4, -0.2) is 31.6 Å². The largest absolute Gasteiger partial charge is 0.483 e. The fourth-order valence-corrected chi connectivity index (χ4v) is 2.10. The van der Waals surface area contributed by atoms with Gasteiger partial charge in [-0.3, -0.25) is 9.59 Å². The van der Waals surface area contributed by atoms with Crippen LogP contribution >= 0.6 is 0 Å². The second-order valence-corrected chi connectivity index (χ2v) is 6.29. The molecular weight excluding hydrogens is 294 g/mol. The lowest BCUT2D eigenvalue weighted by Crippen LogP contribution is -2.30. The van der Waals surface area contributed by atoms with Gasteiger partial charge in [-0.25, -0.2) is 0 Å². The van der Waals surface area contributed by atoms with Gasteiger partial charge in [0, 0.05) is 13.0 Å². The lowest BCUT2D eigenvalue weighted by Gasteiger charge is -2.22. The molecule has 0 spiro atoms. The van der Waals surface area contributed by atoms with E-state index in [2.05, 4.69) is 26.1 Å². The SMILES string of the molecule is CCOC(=O)CCCNC(=O)COc1ccccc1C(C)(C)C. The molecule has 0 aromatic heterocycles. The highest BCUT2D eigenvalue weighted by Crippen LogP contribution is 2.30. The van der Waals surface area contributed by atoms with E-state index in [1.54, 1.807) is 6.92 Å². The zero-order valence-corrected chi connectivity index (χ0v) is 14.5. The van der Waals surface area contributed by atoms with Gasteiger partial charge in [-0.1, -0.05) is 39.0 Å². The lowest BCUT2D eigenvalue weighted by molar-refractivity contribution is -0.143. The Labute approximate surface area is 138 Å². The fraction of sp³-hybridized carbons (Fsp3) is 0.556. The molecule has 0 unspecified atom stereocenters. The van der Waals surface area contributed by atoms with E-state index in [1.165, 1.54) is 0 Å². The van der Waals surface area contributed by atoms with Crippen LogP contribution in [-0.2, 0) is 19.7 Å². The Hall–Kier alpha value is -2.04. The summed E-state index contributed by atoms with van der Waals surface area (Å²) in [6.07, 6.45) is 0.866. The number of benzene rings is 1. The van der Waals surface area contributed by atoms with Crippen LogP contribution in [0.4, 0.5) is 0 Å². The van der Waals surface area contributed by atoms with Crippen molar-refractivity contribution in [1.82, 2.24) is 5.32 Å². The Morgan fingerprint density at radius 1 is 1.17 bits per heavy atom. The van der Waals surface area contributed by atoms with Crippen molar-refractivity contribution in [1.29, 1.82) is 0 Å². The molecular formula is C18H27NO4. The summed E-state index contributed by atoms with van der Waals surface area (Å²) in [6.45, 7) is 8.85. The van der Waals surface area contributed by atoms with Crippen LogP contribution in [0.15, 0.2) is 24.3 Å². The molecule has 0 saturated carbocycles. The van der Waals surface area contributed by atoms with Gasteiger partial charge in [-0.2, -0.15) is 0 Å². The van der Waals surface area contributed by atoms with Gasteiger partial charge in [0.1, 0.15) is 5.75 Å². The van der Waals surface area contributed by atoms with Crippen LogP contribution < -0.4 is 10.1 Å². The maximum atomic E-state index is 11.8. The van der Waals surface area contributed by atoms with Crippen molar-refractivity contribution in [2.24, 2.45) is 0 Å². The highest BCUT2D eigenvalue weighted by Gasteiger charge is 2.18. The molecule has 1 aromatic rings. The molecule has 23 heavy (non-hydrogen) atoms. The summed E-state index contributed by atoms with van der Waals surface area (Å²) in [6, 6.07) is 7.73. The third-order valence-corrected chi connectivity index (χ3v) is 3.24. The number of amides is 1. The van der Waals surface area contributed by atoms with Crippen molar-refractivity contribution >= 4 is 11.9 Å². The van der Waals surface area contributed by atoms with Crippen LogP contribution in [0.1, 0.15) is 46.1 Å². The molecule has 0 aliphatic carbocycles. The summed E-state index contributed by atoms with van der Waals surface area (Å²) in [5.41, 5.74) is 1.02. The summed E-state index contributed by atoms with van der Waals surface area (Å²) in [5, 5.41) is 2.74. The van der Waals surface area contributed by atoms with E-state index >= 15 is 0 Å². The van der Waals surface area contributed by atoms with Crippen molar-refractivity contribution in [3.8, 4) is 5.75 Å². The number of para-hydroxylation sites is 1. The standard InChI is InChI=1S/C18H27NO4/c1-5-22-17(21)11-8-12-19-16(20)13-23-15-10-7-6-9-14(15)18(2,3)4/h6-7,9-10H,5,8,11-13H2,1-4H3,(H,19,20). The second-order valence-electron chi connectivity index (χ2n) is 6.29. The summed E-state index contributed by atoms with van der Waals surface area (Å²) >= 11 is 0. The van der Waals surface area contributed by atoms with Gasteiger partial charge in [-0.05, 0) is 30.4 Å². The molecule has 0 atom stereocenters. The van der Waals surface area contributed by atoms with Crippen LogP contribution in [0.5, 0.6) is 5.75 Å². The highest BCUT2D eigenvalue weighted by molar-refractivity contribution is 5.77. The van der Waals surface area contributed by atoms with Crippen molar-refractivity contribution in [2.75, 3.05) is 19.8 Å². The second kappa shape index (κ2) is 9.18. The summed E-state index contributed by atoms with van der Waals surface area (Å²) in [7, 11) is 0. The van der Waals surface area contributed by atoms with Crippen LogP contribution in [0.3, 0.4) is 0 Å². The Bertz CT molecular complexity index is 520. The summed E-state index contributed by atoms with van der Waals surface area (Å²) in [4.78, 5) is 23.0. The number of ether oxygens (including phenoxy) is 2. The number of rotatable bonds is 8.